The number of nitrogens with one attached hydrogen (secondary N) is 1. The van der Waals surface area contributed by atoms with Crippen LogP contribution in [0.25, 0.3) is 0 Å². The molecule has 7 nitrogen and oxygen atoms in total. The topological polar surface area (TPSA) is 71.1 Å². The highest BCUT2D eigenvalue weighted by Crippen LogP contribution is 2.16. The average Bonchev–Trinajstić information content (AvgIpc) is 2.91. The first-order valence-electron chi connectivity index (χ1n) is 13.1. The molecule has 0 heterocycles. The lowest BCUT2D eigenvalue weighted by Gasteiger charge is -2.27. The van der Waals surface area contributed by atoms with Gasteiger partial charge in [-0.1, -0.05) is 39.8 Å². The number of carbonyl (C=O) groups is 2. The van der Waals surface area contributed by atoms with Crippen LogP contribution in [0, 0.1) is 0 Å². The van der Waals surface area contributed by atoms with Crippen molar-refractivity contribution >= 4 is 11.8 Å². The van der Waals surface area contributed by atoms with Gasteiger partial charge < -0.3 is 24.6 Å². The van der Waals surface area contributed by atoms with E-state index in [1.807, 2.05) is 29.2 Å². The van der Waals surface area contributed by atoms with Crippen LogP contribution in [0.5, 0.6) is 11.5 Å². The Morgan fingerprint density at radius 2 is 1.42 bits per heavy atom. The second-order valence-electron chi connectivity index (χ2n) is 8.80. The van der Waals surface area contributed by atoms with Crippen molar-refractivity contribution in [3.05, 3.63) is 59.7 Å². The molecule has 0 saturated carbocycles. The molecule has 1 unspecified atom stereocenters. The van der Waals surface area contributed by atoms with E-state index < -0.39 is 6.04 Å². The SMILES string of the molecule is CCCN(CCC)C(=O)C(Cc1ccc(OCCN(CC)CC)cc1)NC(=O)c1ccc(OC)cc1. The van der Waals surface area contributed by atoms with Crippen molar-refractivity contribution in [1.29, 1.82) is 0 Å². The molecule has 1 N–H and O–H groups in total. The summed E-state index contributed by atoms with van der Waals surface area (Å²) >= 11 is 0. The summed E-state index contributed by atoms with van der Waals surface area (Å²) in [5.74, 6) is 1.14. The molecule has 0 aromatic heterocycles. The van der Waals surface area contributed by atoms with Gasteiger partial charge in [-0.3, -0.25) is 9.59 Å². The summed E-state index contributed by atoms with van der Waals surface area (Å²) in [7, 11) is 1.58. The fraction of sp³-hybridized carbons (Fsp3) is 0.517. The van der Waals surface area contributed by atoms with E-state index in [0.717, 1.165) is 43.8 Å². The summed E-state index contributed by atoms with van der Waals surface area (Å²) in [4.78, 5) is 30.7. The van der Waals surface area contributed by atoms with Gasteiger partial charge in [0, 0.05) is 31.6 Å². The summed E-state index contributed by atoms with van der Waals surface area (Å²) < 4.78 is 11.1. The number of rotatable bonds is 16. The first kappa shape index (κ1) is 29.2. The van der Waals surface area contributed by atoms with Gasteiger partial charge in [0.05, 0.1) is 7.11 Å². The molecule has 198 valence electrons. The zero-order chi connectivity index (χ0) is 26.3. The Labute approximate surface area is 216 Å². The number of amides is 2. The van der Waals surface area contributed by atoms with Gasteiger partial charge >= 0.3 is 0 Å². The average molecular weight is 498 g/mol. The van der Waals surface area contributed by atoms with E-state index in [4.69, 9.17) is 9.47 Å². The smallest absolute Gasteiger partial charge is 0.251 e. The van der Waals surface area contributed by atoms with Gasteiger partial charge in [0.25, 0.3) is 5.91 Å². The van der Waals surface area contributed by atoms with Gasteiger partial charge in [-0.15, -0.1) is 0 Å². The Hall–Kier alpha value is -3.06. The van der Waals surface area contributed by atoms with Gasteiger partial charge in [0.15, 0.2) is 0 Å². The number of carbonyl (C=O) groups excluding carboxylic acids is 2. The largest absolute Gasteiger partial charge is 0.497 e. The third-order valence-corrected chi connectivity index (χ3v) is 6.19. The Balaban J connectivity index is 2.13. The van der Waals surface area contributed by atoms with Crippen molar-refractivity contribution < 1.29 is 19.1 Å². The maximum Gasteiger partial charge on any atom is 0.251 e. The van der Waals surface area contributed by atoms with E-state index in [-0.39, 0.29) is 11.8 Å². The molecule has 2 amide bonds. The van der Waals surface area contributed by atoms with Crippen LogP contribution in [0.4, 0.5) is 0 Å². The Morgan fingerprint density at radius 1 is 0.833 bits per heavy atom. The molecule has 1 atom stereocenters. The first-order chi connectivity index (χ1) is 17.4. The molecular formula is C29H43N3O4. The van der Waals surface area contributed by atoms with Crippen molar-refractivity contribution in [2.24, 2.45) is 0 Å². The van der Waals surface area contributed by atoms with Crippen molar-refractivity contribution in [3.8, 4) is 11.5 Å². The molecule has 0 bridgehead atoms. The van der Waals surface area contributed by atoms with Crippen LogP contribution in [-0.2, 0) is 11.2 Å². The summed E-state index contributed by atoms with van der Waals surface area (Å²) in [6, 6.07) is 14.0. The van der Waals surface area contributed by atoms with Crippen molar-refractivity contribution in [3.63, 3.8) is 0 Å². The number of hydrogen-bond donors (Lipinski definition) is 1. The quantitative estimate of drug-likeness (QED) is 0.372. The minimum atomic E-state index is -0.660. The van der Waals surface area contributed by atoms with Crippen LogP contribution in [0.3, 0.4) is 0 Å². The number of likely N-dealkylation sites (N-methyl/N-ethyl adjacent to an activating group) is 1. The minimum Gasteiger partial charge on any atom is -0.497 e. The molecular weight excluding hydrogens is 454 g/mol. The van der Waals surface area contributed by atoms with E-state index in [9.17, 15) is 9.59 Å². The number of hydrogen-bond acceptors (Lipinski definition) is 5. The molecule has 0 aliphatic rings. The van der Waals surface area contributed by atoms with Crippen LogP contribution >= 0.6 is 0 Å². The Kier molecular flexibility index (Phi) is 12.8. The lowest BCUT2D eigenvalue weighted by molar-refractivity contribution is -0.133. The predicted molar refractivity (Wildman–Crippen MR) is 145 cm³/mol. The van der Waals surface area contributed by atoms with Gasteiger partial charge in [-0.2, -0.15) is 0 Å². The number of nitrogens with zero attached hydrogens (tertiary/aromatic N) is 2. The lowest BCUT2D eigenvalue weighted by Crippen LogP contribution is -2.50. The second kappa shape index (κ2) is 15.8. The molecule has 0 spiro atoms. The Morgan fingerprint density at radius 3 is 1.94 bits per heavy atom. The monoisotopic (exact) mass is 497 g/mol. The number of ether oxygens (including phenoxy) is 2. The summed E-state index contributed by atoms with van der Waals surface area (Å²) in [5, 5.41) is 2.98. The standard InChI is InChI=1S/C29H43N3O4/c1-6-18-32(19-7-2)29(34)27(30-28(33)24-12-16-25(35-5)17-13-24)22-23-10-14-26(15-11-23)36-21-20-31(8-3)9-4/h10-17,27H,6-9,18-22H2,1-5H3,(H,30,33). The first-order valence-corrected chi connectivity index (χ1v) is 13.1. The van der Waals surface area contributed by atoms with Crippen LogP contribution in [-0.4, -0.2) is 74.1 Å². The summed E-state index contributed by atoms with van der Waals surface area (Å²) in [5.41, 5.74) is 1.45. The predicted octanol–water partition coefficient (Wildman–Crippen LogP) is 4.41. The number of methoxy groups -OCH3 is 1. The summed E-state index contributed by atoms with van der Waals surface area (Å²) in [6.07, 6.45) is 2.14. The van der Waals surface area contributed by atoms with E-state index in [1.54, 1.807) is 31.4 Å². The highest BCUT2D eigenvalue weighted by atomic mass is 16.5. The fourth-order valence-corrected chi connectivity index (χ4v) is 4.07. The van der Waals surface area contributed by atoms with Gasteiger partial charge in [-0.25, -0.2) is 0 Å². The van der Waals surface area contributed by atoms with Crippen LogP contribution < -0.4 is 14.8 Å². The van der Waals surface area contributed by atoms with Gasteiger partial charge in [-0.05, 0) is 67.9 Å². The molecule has 7 heteroatoms. The highest BCUT2D eigenvalue weighted by molar-refractivity contribution is 5.97. The van der Waals surface area contributed by atoms with Crippen molar-refractivity contribution in [1.82, 2.24) is 15.1 Å². The zero-order valence-electron chi connectivity index (χ0n) is 22.6. The van der Waals surface area contributed by atoms with E-state index in [2.05, 4.69) is 37.9 Å². The maximum absolute atomic E-state index is 13.5. The summed E-state index contributed by atoms with van der Waals surface area (Å²) in [6.45, 7) is 13.3. The molecule has 36 heavy (non-hydrogen) atoms. The molecule has 0 aliphatic heterocycles. The lowest BCUT2D eigenvalue weighted by atomic mass is 10.0. The minimum absolute atomic E-state index is 0.0555. The molecule has 0 aliphatic carbocycles. The molecule has 2 aromatic carbocycles. The maximum atomic E-state index is 13.5. The Bertz CT molecular complexity index is 905. The van der Waals surface area contributed by atoms with Gasteiger partial charge in [0.2, 0.25) is 5.91 Å². The van der Waals surface area contributed by atoms with Gasteiger partial charge in [0.1, 0.15) is 24.1 Å². The molecule has 0 saturated heterocycles. The van der Waals surface area contributed by atoms with E-state index in [0.29, 0.717) is 37.4 Å². The highest BCUT2D eigenvalue weighted by Gasteiger charge is 2.26. The third-order valence-electron chi connectivity index (χ3n) is 6.19. The normalized spacial score (nSPS) is 11.7. The van der Waals surface area contributed by atoms with Crippen molar-refractivity contribution in [2.45, 2.75) is 53.0 Å². The molecule has 2 aromatic rings. The second-order valence-corrected chi connectivity index (χ2v) is 8.80. The van der Waals surface area contributed by atoms with Crippen LogP contribution in [0.15, 0.2) is 48.5 Å². The fourth-order valence-electron chi connectivity index (χ4n) is 4.07. The van der Waals surface area contributed by atoms with Crippen LogP contribution in [0.1, 0.15) is 56.5 Å². The van der Waals surface area contributed by atoms with E-state index in [1.165, 1.54) is 0 Å². The van der Waals surface area contributed by atoms with E-state index >= 15 is 0 Å². The molecule has 2 rings (SSSR count). The van der Waals surface area contributed by atoms with Crippen molar-refractivity contribution in [2.75, 3.05) is 46.4 Å². The number of benzene rings is 2. The molecule has 0 radical (unpaired) electrons. The third kappa shape index (κ3) is 9.19. The van der Waals surface area contributed by atoms with Crippen LogP contribution in [0.2, 0.25) is 0 Å². The zero-order valence-corrected chi connectivity index (χ0v) is 22.6. The molecule has 0 fully saturated rings.